The zero-order chi connectivity index (χ0) is 13.5. The summed E-state index contributed by atoms with van der Waals surface area (Å²) in [7, 11) is 1.62. The fraction of sp³-hybridized carbons (Fsp3) is 0.250. The number of rotatable bonds is 5. The van der Waals surface area contributed by atoms with Gasteiger partial charge in [-0.15, -0.1) is 0 Å². The SMILES string of the molecule is C=C(/C=C(/C=C/c1cccc(Cl)c1C)CC)OC. The van der Waals surface area contributed by atoms with E-state index in [1.54, 1.807) is 7.11 Å². The van der Waals surface area contributed by atoms with E-state index in [9.17, 15) is 0 Å². The highest BCUT2D eigenvalue weighted by Gasteiger charge is 1.98. The van der Waals surface area contributed by atoms with E-state index >= 15 is 0 Å². The lowest BCUT2D eigenvalue weighted by Gasteiger charge is -2.04. The molecule has 0 atom stereocenters. The molecule has 0 aliphatic carbocycles. The van der Waals surface area contributed by atoms with Crippen LogP contribution >= 0.6 is 11.6 Å². The number of hydrogen-bond acceptors (Lipinski definition) is 1. The van der Waals surface area contributed by atoms with Crippen molar-refractivity contribution >= 4 is 17.7 Å². The summed E-state index contributed by atoms with van der Waals surface area (Å²) >= 11 is 6.09. The van der Waals surface area contributed by atoms with E-state index in [1.165, 1.54) is 5.57 Å². The van der Waals surface area contributed by atoms with Crippen molar-refractivity contribution in [2.75, 3.05) is 7.11 Å². The Morgan fingerprint density at radius 2 is 2.17 bits per heavy atom. The zero-order valence-corrected chi connectivity index (χ0v) is 11.9. The lowest BCUT2D eigenvalue weighted by Crippen LogP contribution is -1.84. The summed E-state index contributed by atoms with van der Waals surface area (Å²) in [6.45, 7) is 7.91. The Bertz CT molecular complexity index is 484. The minimum atomic E-state index is 0.666. The molecule has 96 valence electrons. The van der Waals surface area contributed by atoms with E-state index in [4.69, 9.17) is 16.3 Å². The van der Waals surface area contributed by atoms with Gasteiger partial charge in [-0.3, -0.25) is 0 Å². The Labute approximate surface area is 114 Å². The van der Waals surface area contributed by atoms with E-state index < -0.39 is 0 Å². The van der Waals surface area contributed by atoms with E-state index in [2.05, 4.69) is 31.7 Å². The first-order valence-electron chi connectivity index (χ1n) is 5.95. The average Bonchev–Trinajstić information content (AvgIpc) is 2.38. The van der Waals surface area contributed by atoms with Gasteiger partial charge in [-0.1, -0.05) is 49.4 Å². The minimum Gasteiger partial charge on any atom is -0.497 e. The van der Waals surface area contributed by atoms with E-state index in [0.717, 1.165) is 22.6 Å². The summed E-state index contributed by atoms with van der Waals surface area (Å²) in [6, 6.07) is 5.91. The standard InChI is InChI=1S/C16H19ClO/c1-5-14(11-12(2)18-4)9-10-15-7-6-8-16(17)13(15)3/h6-11H,2,5H2,1,3-4H3/b10-9+,14-11+. The number of ether oxygens (including phenoxy) is 1. The van der Waals surface area contributed by atoms with Gasteiger partial charge in [0, 0.05) is 5.02 Å². The number of allylic oxidation sites excluding steroid dienone is 3. The maximum Gasteiger partial charge on any atom is 0.111 e. The molecule has 0 bridgehead atoms. The molecule has 0 fully saturated rings. The van der Waals surface area contributed by atoms with Crippen molar-refractivity contribution in [2.24, 2.45) is 0 Å². The summed E-state index contributed by atoms with van der Waals surface area (Å²) in [4.78, 5) is 0. The molecule has 1 aromatic rings. The molecule has 0 spiro atoms. The normalized spacial score (nSPS) is 11.9. The first-order valence-corrected chi connectivity index (χ1v) is 6.33. The topological polar surface area (TPSA) is 9.23 Å². The minimum absolute atomic E-state index is 0.666. The third-order valence-corrected chi connectivity index (χ3v) is 3.21. The Morgan fingerprint density at radius 1 is 1.44 bits per heavy atom. The van der Waals surface area contributed by atoms with E-state index in [1.807, 2.05) is 25.1 Å². The fourth-order valence-electron chi connectivity index (χ4n) is 1.54. The van der Waals surface area contributed by atoms with Gasteiger partial charge >= 0.3 is 0 Å². The molecule has 0 unspecified atom stereocenters. The largest absolute Gasteiger partial charge is 0.497 e. The van der Waals surface area contributed by atoms with Crippen molar-refractivity contribution in [1.82, 2.24) is 0 Å². The van der Waals surface area contributed by atoms with Crippen LogP contribution in [0.15, 0.2) is 48.3 Å². The van der Waals surface area contributed by atoms with Gasteiger partial charge < -0.3 is 4.74 Å². The van der Waals surface area contributed by atoms with Crippen LogP contribution in [0.3, 0.4) is 0 Å². The van der Waals surface area contributed by atoms with Gasteiger partial charge in [-0.2, -0.15) is 0 Å². The molecule has 0 N–H and O–H groups in total. The molecular formula is C16H19ClO. The highest BCUT2D eigenvalue weighted by atomic mass is 35.5. The van der Waals surface area contributed by atoms with Crippen molar-refractivity contribution in [2.45, 2.75) is 20.3 Å². The predicted molar refractivity (Wildman–Crippen MR) is 79.7 cm³/mol. The van der Waals surface area contributed by atoms with Crippen molar-refractivity contribution in [3.8, 4) is 0 Å². The molecular weight excluding hydrogens is 244 g/mol. The predicted octanol–water partition coefficient (Wildman–Crippen LogP) is 5.16. The first-order chi connectivity index (χ1) is 8.58. The highest BCUT2D eigenvalue weighted by molar-refractivity contribution is 6.31. The second kappa shape index (κ2) is 7.07. The van der Waals surface area contributed by atoms with Crippen LogP contribution in [0.1, 0.15) is 24.5 Å². The lowest BCUT2D eigenvalue weighted by molar-refractivity contribution is 0.308. The van der Waals surface area contributed by atoms with Crippen LogP contribution in [0, 0.1) is 6.92 Å². The summed E-state index contributed by atoms with van der Waals surface area (Å²) in [5.41, 5.74) is 3.39. The Balaban J connectivity index is 2.94. The van der Waals surface area contributed by atoms with Gasteiger partial charge in [0.15, 0.2) is 0 Å². The molecule has 0 saturated heterocycles. The summed E-state index contributed by atoms with van der Waals surface area (Å²) < 4.78 is 5.05. The molecule has 2 heteroatoms. The zero-order valence-electron chi connectivity index (χ0n) is 11.2. The molecule has 0 amide bonds. The third kappa shape index (κ3) is 4.08. The molecule has 1 aromatic carbocycles. The van der Waals surface area contributed by atoms with Crippen molar-refractivity contribution < 1.29 is 4.74 Å². The average molecular weight is 263 g/mol. The van der Waals surface area contributed by atoms with E-state index in [0.29, 0.717) is 5.76 Å². The van der Waals surface area contributed by atoms with Crippen molar-refractivity contribution in [3.63, 3.8) is 0 Å². The Morgan fingerprint density at radius 3 is 2.78 bits per heavy atom. The third-order valence-electron chi connectivity index (χ3n) is 2.80. The molecule has 0 aliphatic heterocycles. The van der Waals surface area contributed by atoms with Crippen molar-refractivity contribution in [3.05, 3.63) is 64.4 Å². The van der Waals surface area contributed by atoms with Crippen LogP contribution in [-0.4, -0.2) is 7.11 Å². The molecule has 0 aromatic heterocycles. The van der Waals surface area contributed by atoms with Crippen LogP contribution in [0.4, 0.5) is 0 Å². The maximum atomic E-state index is 6.09. The first kappa shape index (κ1) is 14.6. The highest BCUT2D eigenvalue weighted by Crippen LogP contribution is 2.20. The smallest absolute Gasteiger partial charge is 0.111 e. The second-order valence-corrected chi connectivity index (χ2v) is 4.44. The fourth-order valence-corrected chi connectivity index (χ4v) is 1.72. The summed E-state index contributed by atoms with van der Waals surface area (Å²) in [5.74, 6) is 0.666. The lowest BCUT2D eigenvalue weighted by atomic mass is 10.1. The van der Waals surface area contributed by atoms with Crippen LogP contribution in [0.2, 0.25) is 5.02 Å². The van der Waals surface area contributed by atoms with Crippen LogP contribution in [0.5, 0.6) is 0 Å². The number of benzene rings is 1. The van der Waals surface area contributed by atoms with Crippen LogP contribution < -0.4 is 0 Å². The van der Waals surface area contributed by atoms with E-state index in [-0.39, 0.29) is 0 Å². The molecule has 0 saturated carbocycles. The number of methoxy groups -OCH3 is 1. The second-order valence-electron chi connectivity index (χ2n) is 4.03. The molecule has 0 heterocycles. The Hall–Kier alpha value is -1.47. The molecule has 0 aliphatic rings. The van der Waals surface area contributed by atoms with Gasteiger partial charge in [0.2, 0.25) is 0 Å². The molecule has 1 rings (SSSR count). The summed E-state index contributed by atoms with van der Waals surface area (Å²) in [6.07, 6.45) is 7.01. The Kier molecular flexibility index (Phi) is 5.73. The monoisotopic (exact) mass is 262 g/mol. The molecule has 0 radical (unpaired) electrons. The maximum absolute atomic E-state index is 6.09. The molecule has 18 heavy (non-hydrogen) atoms. The van der Waals surface area contributed by atoms with Crippen LogP contribution in [-0.2, 0) is 4.74 Å². The van der Waals surface area contributed by atoms with Crippen LogP contribution in [0.25, 0.3) is 6.08 Å². The quantitative estimate of drug-likeness (QED) is 0.526. The number of hydrogen-bond donors (Lipinski definition) is 0. The summed E-state index contributed by atoms with van der Waals surface area (Å²) in [5, 5.41) is 0.792. The van der Waals surface area contributed by atoms with Gasteiger partial charge in [0.05, 0.1) is 7.11 Å². The van der Waals surface area contributed by atoms with Gasteiger partial charge in [0.25, 0.3) is 0 Å². The van der Waals surface area contributed by atoms with Gasteiger partial charge in [-0.25, -0.2) is 0 Å². The van der Waals surface area contributed by atoms with Crippen molar-refractivity contribution in [1.29, 1.82) is 0 Å². The van der Waals surface area contributed by atoms with Gasteiger partial charge in [0.1, 0.15) is 5.76 Å². The van der Waals surface area contributed by atoms with Gasteiger partial charge in [-0.05, 0) is 42.2 Å². The molecule has 1 nitrogen and oxygen atoms in total. The number of halogens is 1.